The van der Waals surface area contributed by atoms with E-state index in [-0.39, 0.29) is 25.7 Å². The molecule has 0 radical (unpaired) electrons. The number of esters is 4. The first kappa shape index (κ1) is 95.1. The second kappa shape index (κ2) is 68.5. The lowest BCUT2D eigenvalue weighted by atomic mass is 10.0. The van der Waals surface area contributed by atoms with E-state index in [1.165, 1.54) is 205 Å². The van der Waals surface area contributed by atoms with Crippen LogP contribution in [0.4, 0.5) is 0 Å². The molecule has 0 aromatic carbocycles. The van der Waals surface area contributed by atoms with E-state index in [0.29, 0.717) is 31.6 Å². The van der Waals surface area contributed by atoms with Crippen LogP contribution in [0.2, 0.25) is 0 Å². The van der Waals surface area contributed by atoms with Crippen LogP contribution >= 0.6 is 15.6 Å². The van der Waals surface area contributed by atoms with Crippen molar-refractivity contribution in [2.45, 2.75) is 420 Å². The minimum atomic E-state index is -4.96. The molecular weight excluding hydrogens is 1270 g/mol. The minimum absolute atomic E-state index is 0.106. The van der Waals surface area contributed by atoms with Crippen LogP contribution < -0.4 is 0 Å². The number of hydrogen-bond donors (Lipinski definition) is 3. The summed E-state index contributed by atoms with van der Waals surface area (Å²) in [5, 5.41) is 10.6. The second-order valence-corrected chi connectivity index (χ2v) is 32.4. The number of carbonyl (C=O) groups excluding carboxylic acids is 4. The van der Waals surface area contributed by atoms with Crippen molar-refractivity contribution in [3.63, 3.8) is 0 Å². The first-order valence-electron chi connectivity index (χ1n) is 40.3. The van der Waals surface area contributed by atoms with Gasteiger partial charge in [-0.2, -0.15) is 0 Å². The van der Waals surface area contributed by atoms with Crippen LogP contribution in [0, 0.1) is 17.8 Å². The third kappa shape index (κ3) is 72.2. The van der Waals surface area contributed by atoms with E-state index in [2.05, 4.69) is 48.5 Å². The number of aliphatic hydroxyl groups is 1. The molecular formula is C78H152O17P2. The molecule has 0 aliphatic carbocycles. The van der Waals surface area contributed by atoms with E-state index < -0.39 is 97.5 Å². The Hall–Kier alpha value is -1.94. The van der Waals surface area contributed by atoms with E-state index in [9.17, 15) is 43.2 Å². The maximum absolute atomic E-state index is 13.1. The number of phosphoric ester groups is 2. The zero-order valence-corrected chi connectivity index (χ0v) is 65.3. The molecule has 0 aromatic heterocycles. The van der Waals surface area contributed by atoms with Crippen LogP contribution in [0.15, 0.2) is 0 Å². The summed E-state index contributed by atoms with van der Waals surface area (Å²) in [5.41, 5.74) is 0. The van der Waals surface area contributed by atoms with Gasteiger partial charge in [-0.1, -0.05) is 350 Å². The molecule has 0 heterocycles. The van der Waals surface area contributed by atoms with E-state index >= 15 is 0 Å². The van der Waals surface area contributed by atoms with Gasteiger partial charge in [0, 0.05) is 25.7 Å². The number of ether oxygens (including phenoxy) is 4. The predicted octanol–water partition coefficient (Wildman–Crippen LogP) is 23.0. The molecule has 576 valence electrons. The summed E-state index contributed by atoms with van der Waals surface area (Å²) in [4.78, 5) is 72.9. The lowest BCUT2D eigenvalue weighted by Crippen LogP contribution is -2.30. The number of phosphoric acid groups is 2. The van der Waals surface area contributed by atoms with Crippen LogP contribution in [-0.2, 0) is 65.4 Å². The molecule has 0 aliphatic rings. The summed E-state index contributed by atoms with van der Waals surface area (Å²) in [6, 6.07) is 0. The first-order chi connectivity index (χ1) is 46.7. The van der Waals surface area contributed by atoms with Crippen molar-refractivity contribution in [1.82, 2.24) is 0 Å². The highest BCUT2D eigenvalue weighted by molar-refractivity contribution is 7.47. The number of hydrogen-bond acceptors (Lipinski definition) is 15. The van der Waals surface area contributed by atoms with Crippen molar-refractivity contribution in [3.8, 4) is 0 Å². The molecule has 19 heteroatoms. The molecule has 5 atom stereocenters. The average Bonchev–Trinajstić information content (AvgIpc) is 1.40. The highest BCUT2D eigenvalue weighted by atomic mass is 31.2. The van der Waals surface area contributed by atoms with Gasteiger partial charge in [0.05, 0.1) is 26.4 Å². The number of aliphatic hydroxyl groups excluding tert-OH is 1. The highest BCUT2D eigenvalue weighted by Crippen LogP contribution is 2.45. The van der Waals surface area contributed by atoms with Gasteiger partial charge in [-0.15, -0.1) is 0 Å². The summed E-state index contributed by atoms with van der Waals surface area (Å²) in [6.45, 7) is 11.9. The molecule has 2 unspecified atom stereocenters. The molecule has 97 heavy (non-hydrogen) atoms. The van der Waals surface area contributed by atoms with Crippen molar-refractivity contribution in [2.75, 3.05) is 39.6 Å². The normalized spacial score (nSPS) is 14.0. The minimum Gasteiger partial charge on any atom is -0.462 e. The van der Waals surface area contributed by atoms with Gasteiger partial charge in [0.15, 0.2) is 12.2 Å². The van der Waals surface area contributed by atoms with Crippen molar-refractivity contribution in [3.05, 3.63) is 0 Å². The number of rotatable bonds is 76. The molecule has 0 aliphatic heterocycles. The summed E-state index contributed by atoms with van der Waals surface area (Å²) >= 11 is 0. The lowest BCUT2D eigenvalue weighted by molar-refractivity contribution is -0.161. The van der Waals surface area contributed by atoms with Gasteiger partial charge in [0.25, 0.3) is 0 Å². The molecule has 0 fully saturated rings. The third-order valence-corrected chi connectivity index (χ3v) is 20.0. The molecule has 0 saturated carbocycles. The van der Waals surface area contributed by atoms with Crippen molar-refractivity contribution in [2.24, 2.45) is 17.8 Å². The van der Waals surface area contributed by atoms with E-state index in [4.69, 9.17) is 37.0 Å². The fraction of sp³-hybridized carbons (Fsp3) is 0.949. The Morgan fingerprint density at radius 2 is 0.474 bits per heavy atom. The van der Waals surface area contributed by atoms with Gasteiger partial charge in [-0.3, -0.25) is 37.3 Å². The van der Waals surface area contributed by atoms with E-state index in [1.807, 2.05) is 0 Å². The fourth-order valence-electron chi connectivity index (χ4n) is 12.0. The van der Waals surface area contributed by atoms with Gasteiger partial charge in [-0.25, -0.2) is 9.13 Å². The zero-order chi connectivity index (χ0) is 71.6. The van der Waals surface area contributed by atoms with E-state index in [1.54, 1.807) is 0 Å². The Balaban J connectivity index is 5.23. The lowest BCUT2D eigenvalue weighted by Gasteiger charge is -2.21. The predicted molar refractivity (Wildman–Crippen MR) is 395 cm³/mol. The highest BCUT2D eigenvalue weighted by Gasteiger charge is 2.30. The van der Waals surface area contributed by atoms with Gasteiger partial charge >= 0.3 is 39.5 Å². The van der Waals surface area contributed by atoms with Crippen molar-refractivity contribution >= 4 is 39.5 Å². The summed E-state index contributed by atoms with van der Waals surface area (Å²) in [5.74, 6) is 0.191. The smallest absolute Gasteiger partial charge is 0.462 e. The molecule has 3 N–H and O–H groups in total. The molecule has 0 rings (SSSR count). The molecule has 0 saturated heterocycles. The van der Waals surface area contributed by atoms with Crippen LogP contribution in [0.1, 0.15) is 402 Å². The number of unbranched alkanes of at least 4 members (excludes halogenated alkanes) is 44. The quantitative estimate of drug-likeness (QED) is 0.0222. The van der Waals surface area contributed by atoms with Crippen LogP contribution in [0.25, 0.3) is 0 Å². The summed E-state index contributed by atoms with van der Waals surface area (Å²) < 4.78 is 68.6. The Bertz CT molecular complexity index is 1890. The molecule has 0 aromatic rings. The van der Waals surface area contributed by atoms with E-state index in [0.717, 1.165) is 108 Å². The van der Waals surface area contributed by atoms with Crippen LogP contribution in [-0.4, -0.2) is 96.7 Å². The first-order valence-corrected chi connectivity index (χ1v) is 43.3. The van der Waals surface area contributed by atoms with Gasteiger partial charge in [-0.05, 0) is 43.4 Å². The van der Waals surface area contributed by atoms with Crippen LogP contribution in [0.5, 0.6) is 0 Å². The molecule has 0 amide bonds. The maximum atomic E-state index is 13.1. The zero-order valence-electron chi connectivity index (χ0n) is 63.5. The molecule has 17 nitrogen and oxygen atoms in total. The SMILES string of the molecule is CCCCCCCCCCCCCCC(=O)O[C@H](COC(=O)CCCCCCCCCC(C)C)COP(=O)(O)OC[C@H](O)COP(=O)(O)OC[C@@H](COC(=O)CCCCCCCCCCCCCCCC(C)C)OC(=O)CCCCCCCCCCCCCCCCCCC(C)C. The molecule has 0 spiro atoms. The second-order valence-electron chi connectivity index (χ2n) is 29.5. The van der Waals surface area contributed by atoms with Gasteiger partial charge in [0.1, 0.15) is 19.3 Å². The molecule has 0 bridgehead atoms. The summed E-state index contributed by atoms with van der Waals surface area (Å²) in [7, 11) is -9.91. The Morgan fingerprint density at radius 3 is 0.701 bits per heavy atom. The van der Waals surface area contributed by atoms with Crippen LogP contribution in [0.3, 0.4) is 0 Å². The monoisotopic (exact) mass is 1420 g/mol. The maximum Gasteiger partial charge on any atom is 0.472 e. The average molecular weight is 1420 g/mol. The number of carbonyl (C=O) groups is 4. The standard InChI is InChI=1S/C78H152O17P2/c1-8-9-10-11-12-13-14-26-32-39-47-54-61-77(82)95-74(66-89-76(81)60-53-46-41-34-37-44-51-58-71(6)7)68-93-97(86,87)91-64-72(79)63-90-96(84,85)92-67-73(65-88-75(80)59-52-45-38-31-27-23-19-21-25-30-36-43-50-57-70(4)5)94-78(83)62-55-48-40-33-28-22-18-16-15-17-20-24-29-35-42-49-56-69(2)3/h69-74,79H,8-68H2,1-7H3,(H,84,85)(H,86,87)/t72-,73-,74-/m1/s1. The van der Waals surface area contributed by atoms with Crippen molar-refractivity contribution < 1.29 is 80.2 Å². The largest absolute Gasteiger partial charge is 0.472 e. The fourth-order valence-corrected chi connectivity index (χ4v) is 13.5. The third-order valence-electron chi connectivity index (χ3n) is 18.1. The van der Waals surface area contributed by atoms with Crippen molar-refractivity contribution in [1.29, 1.82) is 0 Å². The Kier molecular flexibility index (Phi) is 67.1. The van der Waals surface area contributed by atoms with Gasteiger partial charge in [0.2, 0.25) is 0 Å². The van der Waals surface area contributed by atoms with Gasteiger partial charge < -0.3 is 33.8 Å². The Morgan fingerprint density at radius 1 is 0.278 bits per heavy atom. The summed E-state index contributed by atoms with van der Waals surface area (Å²) in [6.07, 6.45) is 55.5. The topological polar surface area (TPSA) is 237 Å². The Labute approximate surface area is 594 Å².